The van der Waals surface area contributed by atoms with Gasteiger partial charge < -0.3 is 10.1 Å². The van der Waals surface area contributed by atoms with Gasteiger partial charge in [0.15, 0.2) is 0 Å². The molecule has 1 aromatic rings. The Bertz CT molecular complexity index is 404. The van der Waals surface area contributed by atoms with E-state index >= 15 is 0 Å². The number of carbonyl (C=O) groups excluding carboxylic acids is 1. The highest BCUT2D eigenvalue weighted by Gasteiger charge is 2.03. The van der Waals surface area contributed by atoms with Crippen LogP contribution >= 0.6 is 15.9 Å². The lowest BCUT2D eigenvalue weighted by atomic mass is 10.2. The van der Waals surface area contributed by atoms with Gasteiger partial charge in [-0.2, -0.15) is 0 Å². The minimum atomic E-state index is -0.120. The smallest absolute Gasteiger partial charge is 0.244 e. The van der Waals surface area contributed by atoms with E-state index in [4.69, 9.17) is 4.74 Å². The molecule has 0 bridgehead atoms. The van der Waals surface area contributed by atoms with Gasteiger partial charge in [0, 0.05) is 23.7 Å². The number of hydrogen-bond acceptors (Lipinski definition) is 2. The standard InChI is InChI=1S/C13H16BrNO2/c1-10(9-17-2)15-13(16)8-7-11-5-3-4-6-12(11)14/h3-8,10H,9H2,1-2H3,(H,15,16)/b8-7+/t10-/m1/s1. The van der Waals surface area contributed by atoms with Gasteiger partial charge in [-0.25, -0.2) is 0 Å². The predicted molar refractivity (Wildman–Crippen MR) is 72.7 cm³/mol. The zero-order valence-corrected chi connectivity index (χ0v) is 11.5. The van der Waals surface area contributed by atoms with E-state index in [1.165, 1.54) is 6.08 Å². The van der Waals surface area contributed by atoms with Crippen LogP contribution in [0.3, 0.4) is 0 Å². The highest BCUT2D eigenvalue weighted by Crippen LogP contribution is 2.16. The third-order valence-corrected chi connectivity index (χ3v) is 2.85. The molecule has 1 rings (SSSR count). The molecule has 0 unspecified atom stereocenters. The number of benzene rings is 1. The summed E-state index contributed by atoms with van der Waals surface area (Å²) in [6, 6.07) is 7.74. The van der Waals surface area contributed by atoms with E-state index in [2.05, 4.69) is 21.2 Å². The van der Waals surface area contributed by atoms with E-state index in [0.717, 1.165) is 10.0 Å². The van der Waals surface area contributed by atoms with Gasteiger partial charge in [0.1, 0.15) is 0 Å². The van der Waals surface area contributed by atoms with Crippen molar-refractivity contribution in [2.24, 2.45) is 0 Å². The van der Waals surface area contributed by atoms with E-state index in [9.17, 15) is 4.79 Å². The molecule has 1 aromatic carbocycles. The topological polar surface area (TPSA) is 38.3 Å². The van der Waals surface area contributed by atoms with E-state index < -0.39 is 0 Å². The molecule has 3 nitrogen and oxygen atoms in total. The molecule has 17 heavy (non-hydrogen) atoms. The maximum absolute atomic E-state index is 11.5. The molecule has 0 fully saturated rings. The van der Waals surface area contributed by atoms with Crippen molar-refractivity contribution < 1.29 is 9.53 Å². The van der Waals surface area contributed by atoms with E-state index in [1.807, 2.05) is 31.2 Å². The first-order valence-electron chi connectivity index (χ1n) is 5.35. The van der Waals surface area contributed by atoms with Crippen LogP contribution < -0.4 is 5.32 Å². The monoisotopic (exact) mass is 297 g/mol. The van der Waals surface area contributed by atoms with Crippen molar-refractivity contribution in [3.05, 3.63) is 40.4 Å². The molecule has 1 atom stereocenters. The predicted octanol–water partition coefficient (Wildman–Crippen LogP) is 2.61. The minimum absolute atomic E-state index is 0.0105. The molecular formula is C13H16BrNO2. The summed E-state index contributed by atoms with van der Waals surface area (Å²) >= 11 is 3.42. The molecule has 0 aliphatic carbocycles. The van der Waals surface area contributed by atoms with Crippen LogP contribution in [0.1, 0.15) is 12.5 Å². The number of rotatable bonds is 5. The van der Waals surface area contributed by atoms with Crippen LogP contribution in [0.15, 0.2) is 34.8 Å². The SMILES string of the molecule is COC[C@@H](C)NC(=O)/C=C/c1ccccc1Br. The molecule has 0 aliphatic rings. The van der Waals surface area contributed by atoms with Crippen LogP contribution in [-0.4, -0.2) is 25.7 Å². The molecular weight excluding hydrogens is 282 g/mol. The van der Waals surface area contributed by atoms with Crippen LogP contribution in [0.5, 0.6) is 0 Å². The fraction of sp³-hybridized carbons (Fsp3) is 0.308. The molecule has 0 aliphatic heterocycles. The van der Waals surface area contributed by atoms with Gasteiger partial charge in [0.05, 0.1) is 6.61 Å². The summed E-state index contributed by atoms with van der Waals surface area (Å²) in [5.41, 5.74) is 0.974. The van der Waals surface area contributed by atoms with Crippen molar-refractivity contribution in [2.75, 3.05) is 13.7 Å². The Balaban J connectivity index is 2.54. The van der Waals surface area contributed by atoms with E-state index in [0.29, 0.717) is 6.61 Å². The maximum Gasteiger partial charge on any atom is 0.244 e. The first-order valence-corrected chi connectivity index (χ1v) is 6.15. The quantitative estimate of drug-likeness (QED) is 0.849. The van der Waals surface area contributed by atoms with Gasteiger partial charge >= 0.3 is 0 Å². The average molecular weight is 298 g/mol. The second-order valence-electron chi connectivity index (χ2n) is 3.72. The van der Waals surface area contributed by atoms with Crippen molar-refractivity contribution in [1.29, 1.82) is 0 Å². The lowest BCUT2D eigenvalue weighted by Crippen LogP contribution is -2.34. The summed E-state index contributed by atoms with van der Waals surface area (Å²) in [4.78, 5) is 11.5. The van der Waals surface area contributed by atoms with Gasteiger partial charge in [0.2, 0.25) is 5.91 Å². The average Bonchev–Trinajstić information content (AvgIpc) is 2.28. The summed E-state index contributed by atoms with van der Waals surface area (Å²) in [5.74, 6) is -0.120. The van der Waals surface area contributed by atoms with E-state index in [1.54, 1.807) is 13.2 Å². The Morgan fingerprint density at radius 1 is 1.53 bits per heavy atom. The fourth-order valence-electron chi connectivity index (χ4n) is 1.36. The highest BCUT2D eigenvalue weighted by molar-refractivity contribution is 9.10. The first kappa shape index (κ1) is 13.9. The maximum atomic E-state index is 11.5. The normalized spacial score (nSPS) is 12.6. The molecule has 92 valence electrons. The third-order valence-electron chi connectivity index (χ3n) is 2.12. The molecule has 4 heteroatoms. The van der Waals surface area contributed by atoms with Crippen molar-refractivity contribution in [2.45, 2.75) is 13.0 Å². The van der Waals surface area contributed by atoms with Crippen molar-refractivity contribution in [3.63, 3.8) is 0 Å². The number of methoxy groups -OCH3 is 1. The zero-order valence-electron chi connectivity index (χ0n) is 9.94. The van der Waals surface area contributed by atoms with E-state index in [-0.39, 0.29) is 11.9 Å². The van der Waals surface area contributed by atoms with Crippen LogP contribution in [0.4, 0.5) is 0 Å². The lowest BCUT2D eigenvalue weighted by molar-refractivity contribution is -0.117. The van der Waals surface area contributed by atoms with Crippen LogP contribution in [0.25, 0.3) is 6.08 Å². The molecule has 0 heterocycles. The van der Waals surface area contributed by atoms with Gasteiger partial charge in [0.25, 0.3) is 0 Å². The Morgan fingerprint density at radius 2 is 2.24 bits per heavy atom. The molecule has 0 saturated carbocycles. The number of ether oxygens (including phenoxy) is 1. The summed E-state index contributed by atoms with van der Waals surface area (Å²) in [7, 11) is 1.61. The Labute approximate surface area is 110 Å². The van der Waals surface area contributed by atoms with Crippen LogP contribution in [-0.2, 0) is 9.53 Å². The first-order chi connectivity index (χ1) is 8.13. The summed E-state index contributed by atoms with van der Waals surface area (Å²) < 4.78 is 5.91. The van der Waals surface area contributed by atoms with Crippen molar-refractivity contribution in [1.82, 2.24) is 5.32 Å². The Kier molecular flexibility index (Phi) is 5.94. The Morgan fingerprint density at radius 3 is 2.88 bits per heavy atom. The van der Waals surface area contributed by atoms with Gasteiger partial charge in [-0.05, 0) is 24.6 Å². The molecule has 0 aromatic heterocycles. The Hall–Kier alpha value is -1.13. The van der Waals surface area contributed by atoms with Gasteiger partial charge in [-0.3, -0.25) is 4.79 Å². The number of amides is 1. The number of carbonyl (C=O) groups is 1. The molecule has 0 saturated heterocycles. The number of halogens is 1. The summed E-state index contributed by atoms with van der Waals surface area (Å²) in [5, 5.41) is 2.80. The van der Waals surface area contributed by atoms with Crippen molar-refractivity contribution in [3.8, 4) is 0 Å². The third kappa shape index (κ3) is 5.15. The second-order valence-corrected chi connectivity index (χ2v) is 4.57. The highest BCUT2D eigenvalue weighted by atomic mass is 79.9. The summed E-state index contributed by atoms with van der Waals surface area (Å²) in [6.45, 7) is 2.41. The number of nitrogens with one attached hydrogen (secondary N) is 1. The van der Waals surface area contributed by atoms with Crippen LogP contribution in [0, 0.1) is 0 Å². The molecule has 1 amide bonds. The largest absolute Gasteiger partial charge is 0.383 e. The minimum Gasteiger partial charge on any atom is -0.383 e. The fourth-order valence-corrected chi connectivity index (χ4v) is 1.78. The number of hydrogen-bond donors (Lipinski definition) is 1. The van der Waals surface area contributed by atoms with Crippen molar-refractivity contribution >= 4 is 27.9 Å². The van der Waals surface area contributed by atoms with Gasteiger partial charge in [-0.1, -0.05) is 34.1 Å². The zero-order chi connectivity index (χ0) is 12.7. The lowest BCUT2D eigenvalue weighted by Gasteiger charge is -2.10. The second kappa shape index (κ2) is 7.25. The van der Waals surface area contributed by atoms with Gasteiger partial charge in [-0.15, -0.1) is 0 Å². The van der Waals surface area contributed by atoms with Crippen LogP contribution in [0.2, 0.25) is 0 Å². The molecule has 1 N–H and O–H groups in total. The molecule has 0 radical (unpaired) electrons. The summed E-state index contributed by atoms with van der Waals surface area (Å²) in [6.07, 6.45) is 3.30. The molecule has 0 spiro atoms.